The average Bonchev–Trinajstić information content (AvgIpc) is 2.50. The van der Waals surface area contributed by atoms with E-state index >= 15 is 0 Å². The number of carbonyl (C=O) groups excluding carboxylic acids is 1. The van der Waals surface area contributed by atoms with Crippen molar-refractivity contribution in [2.24, 2.45) is 0 Å². The van der Waals surface area contributed by atoms with Crippen LogP contribution >= 0.6 is 0 Å². The molecule has 23 heavy (non-hydrogen) atoms. The first-order valence-corrected chi connectivity index (χ1v) is 6.97. The van der Waals surface area contributed by atoms with Gasteiger partial charge >= 0.3 is 11.9 Å². The smallest absolute Gasteiger partial charge is 0.335 e. The van der Waals surface area contributed by atoms with Gasteiger partial charge in [0.15, 0.2) is 18.5 Å². The van der Waals surface area contributed by atoms with Crippen LogP contribution in [0.15, 0.2) is 30.3 Å². The molecular weight excluding hydrogens is 308 g/mol. The van der Waals surface area contributed by atoms with E-state index in [0.29, 0.717) is 0 Å². The first kappa shape index (κ1) is 17.4. The number of rotatable bonds is 5. The fourth-order valence-corrected chi connectivity index (χ4v) is 2.31. The Kier molecular flexibility index (Phi) is 5.67. The van der Waals surface area contributed by atoms with Crippen molar-refractivity contribution in [3.63, 3.8) is 0 Å². The van der Waals surface area contributed by atoms with Crippen LogP contribution in [0.5, 0.6) is 0 Å². The highest BCUT2D eigenvalue weighted by atomic mass is 16.7. The minimum atomic E-state index is -1.72. The molecular formula is C15H18O8. The van der Waals surface area contributed by atoms with Gasteiger partial charge in [0, 0.05) is 6.92 Å². The van der Waals surface area contributed by atoms with Gasteiger partial charge in [-0.3, -0.25) is 4.79 Å². The van der Waals surface area contributed by atoms with Crippen LogP contribution in [-0.2, 0) is 30.4 Å². The molecule has 0 unspecified atom stereocenters. The number of carbonyl (C=O) groups is 2. The Morgan fingerprint density at radius 2 is 1.83 bits per heavy atom. The molecule has 3 N–H and O–H groups in total. The standard InChI is InChI=1S/C15H18O8/c1-8(16)22-11-10(17)12(14(18)19)23-15(20)13(11)21-7-9-5-3-2-4-6-9/h2-6,10-13,15,17,20H,7H2,1H3,(H,18,19)/t10-,11-,12+,13+,15+/m0/s1. The summed E-state index contributed by atoms with van der Waals surface area (Å²) in [5.41, 5.74) is 0.788. The van der Waals surface area contributed by atoms with E-state index in [9.17, 15) is 19.8 Å². The zero-order chi connectivity index (χ0) is 17.0. The van der Waals surface area contributed by atoms with Gasteiger partial charge in [-0.2, -0.15) is 0 Å². The third-order valence-electron chi connectivity index (χ3n) is 3.37. The molecule has 0 saturated carbocycles. The molecule has 1 aromatic carbocycles. The molecule has 8 heteroatoms. The van der Waals surface area contributed by atoms with Crippen molar-refractivity contribution in [2.45, 2.75) is 44.2 Å². The Labute approximate surface area is 132 Å². The number of aliphatic hydroxyl groups is 2. The SMILES string of the molecule is CC(=O)O[C@H]1[C@H](O)[C@H](C(=O)O)O[C@@H](O)[C@@H]1OCc1ccccc1. The van der Waals surface area contributed by atoms with Gasteiger partial charge in [-0.1, -0.05) is 30.3 Å². The van der Waals surface area contributed by atoms with E-state index in [1.165, 1.54) is 0 Å². The van der Waals surface area contributed by atoms with Gasteiger partial charge in [0.2, 0.25) is 0 Å². The summed E-state index contributed by atoms with van der Waals surface area (Å²) in [5.74, 6) is -2.21. The van der Waals surface area contributed by atoms with E-state index in [0.717, 1.165) is 12.5 Å². The topological polar surface area (TPSA) is 123 Å². The average molecular weight is 326 g/mol. The van der Waals surface area contributed by atoms with Crippen molar-refractivity contribution in [3.05, 3.63) is 35.9 Å². The molecule has 1 aliphatic heterocycles. The summed E-state index contributed by atoms with van der Waals surface area (Å²) in [7, 11) is 0. The number of aliphatic hydroxyl groups excluding tert-OH is 2. The highest BCUT2D eigenvalue weighted by molar-refractivity contribution is 5.73. The lowest BCUT2D eigenvalue weighted by atomic mass is 9.98. The van der Waals surface area contributed by atoms with E-state index in [2.05, 4.69) is 0 Å². The lowest BCUT2D eigenvalue weighted by molar-refractivity contribution is -0.294. The first-order valence-electron chi connectivity index (χ1n) is 6.97. The first-order chi connectivity index (χ1) is 10.9. The second-order valence-electron chi connectivity index (χ2n) is 5.11. The molecule has 0 aliphatic carbocycles. The number of benzene rings is 1. The highest BCUT2D eigenvalue weighted by Crippen LogP contribution is 2.26. The number of hydrogen-bond acceptors (Lipinski definition) is 7. The summed E-state index contributed by atoms with van der Waals surface area (Å²) in [6.07, 6.45) is -7.62. The van der Waals surface area contributed by atoms with Crippen molar-refractivity contribution in [1.29, 1.82) is 0 Å². The van der Waals surface area contributed by atoms with Crippen molar-refractivity contribution >= 4 is 11.9 Å². The zero-order valence-corrected chi connectivity index (χ0v) is 12.4. The number of hydrogen-bond donors (Lipinski definition) is 3. The summed E-state index contributed by atoms with van der Waals surface area (Å²) in [6, 6.07) is 8.99. The third kappa shape index (κ3) is 4.26. The van der Waals surface area contributed by atoms with Crippen molar-refractivity contribution in [2.75, 3.05) is 0 Å². The lowest BCUT2D eigenvalue weighted by Crippen LogP contribution is -2.61. The summed E-state index contributed by atoms with van der Waals surface area (Å²) in [5, 5.41) is 29.0. The van der Waals surface area contributed by atoms with Gasteiger partial charge in [-0.15, -0.1) is 0 Å². The van der Waals surface area contributed by atoms with Crippen LogP contribution in [0.4, 0.5) is 0 Å². The fraction of sp³-hybridized carbons (Fsp3) is 0.467. The largest absolute Gasteiger partial charge is 0.479 e. The van der Waals surface area contributed by atoms with Gasteiger partial charge in [0.1, 0.15) is 12.2 Å². The Morgan fingerprint density at radius 1 is 1.17 bits per heavy atom. The molecule has 0 radical (unpaired) electrons. The molecule has 2 rings (SSSR count). The van der Waals surface area contributed by atoms with Crippen LogP contribution in [0, 0.1) is 0 Å². The van der Waals surface area contributed by atoms with Crippen molar-refractivity contribution in [1.82, 2.24) is 0 Å². The second-order valence-corrected chi connectivity index (χ2v) is 5.11. The molecule has 0 spiro atoms. The van der Waals surface area contributed by atoms with Crippen LogP contribution in [0.3, 0.4) is 0 Å². The number of carboxylic acid groups (broad SMARTS) is 1. The normalized spacial score (nSPS) is 30.7. The van der Waals surface area contributed by atoms with E-state index in [-0.39, 0.29) is 6.61 Å². The zero-order valence-electron chi connectivity index (χ0n) is 12.4. The molecule has 8 nitrogen and oxygen atoms in total. The number of carboxylic acids is 1. The molecule has 1 saturated heterocycles. The van der Waals surface area contributed by atoms with Gasteiger partial charge in [0.05, 0.1) is 6.61 Å². The maximum absolute atomic E-state index is 11.2. The molecule has 5 atom stereocenters. The molecule has 0 bridgehead atoms. The maximum atomic E-state index is 11.2. The number of aliphatic carboxylic acids is 1. The monoisotopic (exact) mass is 326 g/mol. The van der Waals surface area contributed by atoms with Crippen LogP contribution in [0.1, 0.15) is 12.5 Å². The molecule has 1 fully saturated rings. The Hall–Kier alpha value is -2.00. The van der Waals surface area contributed by atoms with E-state index in [1.54, 1.807) is 24.3 Å². The Balaban J connectivity index is 2.13. The molecule has 0 amide bonds. The minimum Gasteiger partial charge on any atom is -0.479 e. The molecule has 1 aromatic rings. The Morgan fingerprint density at radius 3 is 2.39 bits per heavy atom. The summed E-state index contributed by atoms with van der Waals surface area (Å²) >= 11 is 0. The summed E-state index contributed by atoms with van der Waals surface area (Å²) in [4.78, 5) is 22.3. The van der Waals surface area contributed by atoms with Gasteiger partial charge < -0.3 is 29.5 Å². The minimum absolute atomic E-state index is 0.0636. The van der Waals surface area contributed by atoms with Crippen molar-refractivity contribution < 1.29 is 39.1 Å². The summed E-state index contributed by atoms with van der Waals surface area (Å²) < 4.78 is 15.3. The van der Waals surface area contributed by atoms with Gasteiger partial charge in [0.25, 0.3) is 0 Å². The molecule has 126 valence electrons. The van der Waals surface area contributed by atoms with Crippen molar-refractivity contribution in [3.8, 4) is 0 Å². The highest BCUT2D eigenvalue weighted by Gasteiger charge is 2.50. The third-order valence-corrected chi connectivity index (χ3v) is 3.37. The quantitative estimate of drug-likeness (QED) is 0.629. The van der Waals surface area contributed by atoms with Crippen LogP contribution in [0.25, 0.3) is 0 Å². The van der Waals surface area contributed by atoms with E-state index < -0.39 is 42.6 Å². The number of esters is 1. The fourth-order valence-electron chi connectivity index (χ4n) is 2.31. The molecule has 0 aromatic heterocycles. The predicted octanol–water partition coefficient (Wildman–Crippen LogP) is -0.334. The summed E-state index contributed by atoms with van der Waals surface area (Å²) in [6.45, 7) is 1.17. The predicted molar refractivity (Wildman–Crippen MR) is 75.1 cm³/mol. The maximum Gasteiger partial charge on any atom is 0.335 e. The van der Waals surface area contributed by atoms with Gasteiger partial charge in [-0.25, -0.2) is 4.79 Å². The lowest BCUT2D eigenvalue weighted by Gasteiger charge is -2.40. The Bertz CT molecular complexity index is 546. The number of ether oxygens (including phenoxy) is 3. The van der Waals surface area contributed by atoms with Gasteiger partial charge in [-0.05, 0) is 5.56 Å². The van der Waals surface area contributed by atoms with E-state index in [4.69, 9.17) is 19.3 Å². The van der Waals surface area contributed by atoms with Crippen LogP contribution < -0.4 is 0 Å². The molecule has 1 aliphatic rings. The second kappa shape index (κ2) is 7.51. The molecule has 1 heterocycles. The van der Waals surface area contributed by atoms with Crippen LogP contribution in [-0.4, -0.2) is 58.0 Å². The van der Waals surface area contributed by atoms with Crippen LogP contribution in [0.2, 0.25) is 0 Å². The van der Waals surface area contributed by atoms with E-state index in [1.807, 2.05) is 6.07 Å².